The molecule has 1 aromatic heterocycles. The lowest BCUT2D eigenvalue weighted by atomic mass is 10.2. The van der Waals surface area contributed by atoms with Gasteiger partial charge in [-0.1, -0.05) is 18.2 Å². The van der Waals surface area contributed by atoms with Crippen molar-refractivity contribution in [2.24, 2.45) is 0 Å². The second kappa shape index (κ2) is 10.7. The van der Waals surface area contributed by atoms with Gasteiger partial charge in [0, 0.05) is 36.1 Å². The summed E-state index contributed by atoms with van der Waals surface area (Å²) in [4.78, 5) is 40.5. The van der Waals surface area contributed by atoms with Crippen molar-refractivity contribution in [3.05, 3.63) is 83.8 Å². The van der Waals surface area contributed by atoms with Crippen molar-refractivity contribution in [1.29, 1.82) is 0 Å². The first-order valence-electron chi connectivity index (χ1n) is 9.83. The number of benzene rings is 2. The van der Waals surface area contributed by atoms with E-state index in [0.29, 0.717) is 17.2 Å². The predicted molar refractivity (Wildman–Crippen MR) is 120 cm³/mol. The van der Waals surface area contributed by atoms with Crippen molar-refractivity contribution in [3.8, 4) is 0 Å². The molecule has 0 aliphatic carbocycles. The maximum atomic E-state index is 13.3. The van der Waals surface area contributed by atoms with E-state index in [-0.39, 0.29) is 24.4 Å². The van der Waals surface area contributed by atoms with Gasteiger partial charge in [-0.2, -0.15) is 0 Å². The van der Waals surface area contributed by atoms with Gasteiger partial charge >= 0.3 is 6.03 Å². The van der Waals surface area contributed by atoms with Crippen LogP contribution in [0.3, 0.4) is 0 Å². The zero-order chi connectivity index (χ0) is 22.9. The summed E-state index contributed by atoms with van der Waals surface area (Å²) in [6.45, 7) is 2.01. The van der Waals surface area contributed by atoms with Gasteiger partial charge in [-0.05, 0) is 55.0 Å². The molecule has 0 aliphatic rings. The molecule has 4 N–H and O–H groups in total. The van der Waals surface area contributed by atoms with Crippen molar-refractivity contribution in [1.82, 2.24) is 10.3 Å². The Hall–Kier alpha value is -4.27. The molecule has 0 fully saturated rings. The van der Waals surface area contributed by atoms with Gasteiger partial charge in [0.2, 0.25) is 5.91 Å². The number of hydrogen-bond acceptors (Lipinski definition) is 4. The second-order valence-corrected chi connectivity index (χ2v) is 6.95. The van der Waals surface area contributed by atoms with E-state index in [9.17, 15) is 18.8 Å². The van der Waals surface area contributed by atoms with Gasteiger partial charge in [-0.15, -0.1) is 0 Å². The van der Waals surface area contributed by atoms with Crippen LogP contribution in [-0.4, -0.2) is 29.4 Å². The van der Waals surface area contributed by atoms with Crippen molar-refractivity contribution < 1.29 is 18.8 Å². The molecule has 9 heteroatoms. The number of amides is 4. The third-order valence-corrected chi connectivity index (χ3v) is 4.28. The fourth-order valence-electron chi connectivity index (χ4n) is 2.72. The number of carbonyl (C=O) groups excluding carboxylic acids is 3. The third kappa shape index (κ3) is 6.91. The Kier molecular flexibility index (Phi) is 7.47. The average Bonchev–Trinajstić information content (AvgIpc) is 2.75. The summed E-state index contributed by atoms with van der Waals surface area (Å²) in [5.41, 5.74) is 1.99. The van der Waals surface area contributed by atoms with E-state index in [1.54, 1.807) is 36.5 Å². The predicted octanol–water partition coefficient (Wildman–Crippen LogP) is 3.93. The fraction of sp³-hybridized carbons (Fsp3) is 0.130. The van der Waals surface area contributed by atoms with Crippen LogP contribution in [-0.2, 0) is 4.79 Å². The summed E-state index contributed by atoms with van der Waals surface area (Å²) in [6, 6.07) is 14.9. The van der Waals surface area contributed by atoms with Crippen LogP contribution in [0.2, 0.25) is 0 Å². The molecule has 0 spiro atoms. The average molecular weight is 435 g/mol. The number of urea groups is 1. The van der Waals surface area contributed by atoms with E-state index in [2.05, 4.69) is 26.3 Å². The van der Waals surface area contributed by atoms with E-state index >= 15 is 0 Å². The van der Waals surface area contributed by atoms with Crippen LogP contribution in [0.1, 0.15) is 22.3 Å². The normalized spacial score (nSPS) is 10.2. The molecule has 0 bridgehead atoms. The minimum Gasteiger partial charge on any atom is -0.337 e. The van der Waals surface area contributed by atoms with Crippen LogP contribution in [0.5, 0.6) is 0 Å². The first-order chi connectivity index (χ1) is 15.4. The first-order valence-corrected chi connectivity index (χ1v) is 9.83. The minimum atomic E-state index is -0.519. The first kappa shape index (κ1) is 22.4. The molecule has 1 heterocycles. The maximum absolute atomic E-state index is 13.3. The van der Waals surface area contributed by atoms with Gasteiger partial charge in [0.05, 0.1) is 0 Å². The second-order valence-electron chi connectivity index (χ2n) is 6.95. The van der Waals surface area contributed by atoms with Crippen LogP contribution >= 0.6 is 0 Å². The molecule has 32 heavy (non-hydrogen) atoms. The van der Waals surface area contributed by atoms with Crippen molar-refractivity contribution in [2.75, 3.05) is 22.5 Å². The van der Waals surface area contributed by atoms with Crippen molar-refractivity contribution >= 4 is 35.0 Å². The number of pyridine rings is 1. The van der Waals surface area contributed by atoms with Crippen molar-refractivity contribution in [3.63, 3.8) is 0 Å². The van der Waals surface area contributed by atoms with Gasteiger partial charge in [0.25, 0.3) is 5.91 Å². The molecule has 0 atom stereocenters. The number of carbonyl (C=O) groups is 3. The molecule has 0 aliphatic heterocycles. The highest BCUT2D eigenvalue weighted by atomic mass is 19.1. The van der Waals surface area contributed by atoms with Crippen LogP contribution in [0.25, 0.3) is 0 Å². The zero-order valence-electron chi connectivity index (χ0n) is 17.3. The van der Waals surface area contributed by atoms with E-state index in [1.165, 1.54) is 24.3 Å². The van der Waals surface area contributed by atoms with Crippen LogP contribution < -0.4 is 21.3 Å². The van der Waals surface area contributed by atoms with Gasteiger partial charge in [0.15, 0.2) is 0 Å². The highest BCUT2D eigenvalue weighted by Gasteiger charge is 2.10. The van der Waals surface area contributed by atoms with Crippen molar-refractivity contribution in [2.45, 2.75) is 13.3 Å². The van der Waals surface area contributed by atoms with Gasteiger partial charge < -0.3 is 21.3 Å². The number of anilines is 3. The van der Waals surface area contributed by atoms with Gasteiger partial charge in [-0.3, -0.25) is 9.59 Å². The number of rotatable bonds is 7. The number of aromatic nitrogens is 1. The topological polar surface area (TPSA) is 112 Å². The standard InChI is InChI=1S/C23H22FN5O3/c1-15-8-9-20(26-14-15)29-21(30)10-11-25-23(32)28-18-6-2-4-16(12-18)22(31)27-19-7-3-5-17(24)13-19/h2-9,12-14H,10-11H2,1H3,(H,27,31)(H2,25,28,32)(H,26,29,30). The molecule has 0 saturated heterocycles. The lowest BCUT2D eigenvalue weighted by Crippen LogP contribution is -2.31. The minimum absolute atomic E-state index is 0.0685. The Morgan fingerprint density at radius 1 is 0.906 bits per heavy atom. The molecule has 3 aromatic rings. The highest BCUT2D eigenvalue weighted by molar-refractivity contribution is 6.05. The molecule has 0 unspecified atom stereocenters. The highest BCUT2D eigenvalue weighted by Crippen LogP contribution is 2.14. The summed E-state index contributed by atoms with van der Waals surface area (Å²) < 4.78 is 13.3. The fourth-order valence-corrected chi connectivity index (χ4v) is 2.72. The molecule has 8 nitrogen and oxygen atoms in total. The number of halogens is 1. The van der Waals surface area contributed by atoms with Crippen LogP contribution in [0.4, 0.5) is 26.4 Å². The SMILES string of the molecule is Cc1ccc(NC(=O)CCNC(=O)Nc2cccc(C(=O)Nc3cccc(F)c3)c2)nc1. The molecule has 0 radical (unpaired) electrons. The van der Waals surface area contributed by atoms with Gasteiger partial charge in [0.1, 0.15) is 11.6 Å². The Labute approximate surface area is 184 Å². The third-order valence-electron chi connectivity index (χ3n) is 4.28. The summed E-state index contributed by atoms with van der Waals surface area (Å²) in [5, 5.41) is 10.4. The molecular weight excluding hydrogens is 413 g/mol. The smallest absolute Gasteiger partial charge is 0.319 e. The quantitative estimate of drug-likeness (QED) is 0.450. The van der Waals surface area contributed by atoms with Gasteiger partial charge in [-0.25, -0.2) is 14.2 Å². The van der Waals surface area contributed by atoms with E-state index in [0.717, 1.165) is 5.56 Å². The summed E-state index contributed by atoms with van der Waals surface area (Å²) in [6.07, 6.45) is 1.72. The Morgan fingerprint density at radius 2 is 1.66 bits per heavy atom. The number of hydrogen-bond donors (Lipinski definition) is 4. The Morgan fingerprint density at radius 3 is 2.38 bits per heavy atom. The summed E-state index contributed by atoms with van der Waals surface area (Å²) in [5.74, 6) is -0.740. The molecule has 3 rings (SSSR count). The summed E-state index contributed by atoms with van der Waals surface area (Å²) in [7, 11) is 0. The Balaban J connectivity index is 1.46. The lowest BCUT2D eigenvalue weighted by molar-refractivity contribution is -0.116. The number of nitrogens with one attached hydrogen (secondary N) is 4. The molecule has 164 valence electrons. The van der Waals surface area contributed by atoms with E-state index < -0.39 is 17.8 Å². The summed E-state index contributed by atoms with van der Waals surface area (Å²) >= 11 is 0. The van der Waals surface area contributed by atoms with Crippen LogP contribution in [0.15, 0.2) is 66.9 Å². The number of aryl methyl sites for hydroxylation is 1. The number of nitrogens with zero attached hydrogens (tertiary/aromatic N) is 1. The largest absolute Gasteiger partial charge is 0.337 e. The Bertz CT molecular complexity index is 1120. The molecule has 2 aromatic carbocycles. The zero-order valence-corrected chi connectivity index (χ0v) is 17.3. The maximum Gasteiger partial charge on any atom is 0.319 e. The van der Waals surface area contributed by atoms with E-state index in [4.69, 9.17) is 0 Å². The lowest BCUT2D eigenvalue weighted by Gasteiger charge is -2.10. The monoisotopic (exact) mass is 435 g/mol. The van der Waals surface area contributed by atoms with Crippen LogP contribution in [0, 0.1) is 12.7 Å². The molecule has 0 saturated carbocycles. The van der Waals surface area contributed by atoms with E-state index in [1.807, 2.05) is 13.0 Å². The molecular formula is C23H22FN5O3. The molecule has 4 amide bonds.